The van der Waals surface area contributed by atoms with Gasteiger partial charge in [-0.1, -0.05) is 12.1 Å². The fourth-order valence-corrected chi connectivity index (χ4v) is 1.42. The molecule has 0 fully saturated rings. The van der Waals surface area contributed by atoms with E-state index in [0.29, 0.717) is 0 Å². The number of nitrogens with zero attached hydrogens (tertiary/aromatic N) is 1. The predicted molar refractivity (Wildman–Crippen MR) is 54.8 cm³/mol. The summed E-state index contributed by atoms with van der Waals surface area (Å²) in [6.45, 7) is -0.0985. The van der Waals surface area contributed by atoms with E-state index in [-0.39, 0.29) is 25.5 Å². The number of hydrogen-bond donors (Lipinski definition) is 1. The van der Waals surface area contributed by atoms with Crippen molar-refractivity contribution in [3.8, 4) is 0 Å². The van der Waals surface area contributed by atoms with Crippen molar-refractivity contribution >= 4 is 0 Å². The lowest BCUT2D eigenvalue weighted by molar-refractivity contribution is 0.0746. The maximum atomic E-state index is 12.6. The number of aliphatic hydroxyl groups is 1. The zero-order chi connectivity index (χ0) is 12.0. The Bertz CT molecular complexity index is 303. The summed E-state index contributed by atoms with van der Waals surface area (Å²) in [6, 6.07) is 5.67. The van der Waals surface area contributed by atoms with Crippen molar-refractivity contribution in [2.75, 3.05) is 19.7 Å². The smallest absolute Gasteiger partial charge is 0.251 e. The van der Waals surface area contributed by atoms with Crippen LogP contribution < -0.4 is 0 Å². The average molecular weight is 233 g/mol. The lowest BCUT2D eigenvalue weighted by Gasteiger charge is -2.20. The van der Waals surface area contributed by atoms with Crippen LogP contribution in [-0.2, 0) is 6.54 Å². The summed E-state index contributed by atoms with van der Waals surface area (Å²) < 4.78 is 37.0. The van der Waals surface area contributed by atoms with Crippen LogP contribution in [0.4, 0.5) is 13.2 Å². The Morgan fingerprint density at radius 3 is 2.31 bits per heavy atom. The maximum absolute atomic E-state index is 12.6. The van der Waals surface area contributed by atoms with Crippen molar-refractivity contribution in [1.29, 1.82) is 0 Å². The molecule has 0 heterocycles. The van der Waals surface area contributed by atoms with E-state index in [0.717, 1.165) is 5.56 Å². The molecule has 1 aromatic carbocycles. The molecule has 90 valence electrons. The molecule has 0 atom stereocenters. The van der Waals surface area contributed by atoms with E-state index >= 15 is 0 Å². The Balaban J connectivity index is 2.56. The highest BCUT2D eigenvalue weighted by molar-refractivity contribution is 5.15. The van der Waals surface area contributed by atoms with E-state index in [2.05, 4.69) is 0 Å². The minimum Gasteiger partial charge on any atom is -0.395 e. The maximum Gasteiger partial charge on any atom is 0.251 e. The molecule has 0 unspecified atom stereocenters. The summed E-state index contributed by atoms with van der Waals surface area (Å²) >= 11 is 0. The third kappa shape index (κ3) is 4.63. The van der Waals surface area contributed by atoms with Crippen LogP contribution in [-0.4, -0.2) is 36.1 Å². The molecule has 0 spiro atoms. The van der Waals surface area contributed by atoms with Gasteiger partial charge in [-0.15, -0.1) is 0 Å². The Morgan fingerprint density at radius 2 is 1.81 bits per heavy atom. The molecule has 0 saturated heterocycles. The first-order valence-electron chi connectivity index (χ1n) is 4.97. The molecule has 0 amide bonds. The molecule has 1 rings (SSSR count). The van der Waals surface area contributed by atoms with Crippen LogP contribution in [0.3, 0.4) is 0 Å². The molecule has 0 aliphatic carbocycles. The van der Waals surface area contributed by atoms with Gasteiger partial charge in [0.05, 0.1) is 13.2 Å². The monoisotopic (exact) mass is 233 g/mol. The fourth-order valence-electron chi connectivity index (χ4n) is 1.42. The lowest BCUT2D eigenvalue weighted by atomic mass is 10.2. The van der Waals surface area contributed by atoms with Crippen LogP contribution in [0, 0.1) is 5.82 Å². The van der Waals surface area contributed by atoms with Gasteiger partial charge in [-0.3, -0.25) is 4.90 Å². The van der Waals surface area contributed by atoms with E-state index in [1.165, 1.54) is 17.0 Å². The van der Waals surface area contributed by atoms with Crippen LogP contribution in [0.25, 0.3) is 0 Å². The quantitative estimate of drug-likeness (QED) is 0.811. The van der Waals surface area contributed by atoms with E-state index in [9.17, 15) is 13.2 Å². The molecule has 0 aromatic heterocycles. The van der Waals surface area contributed by atoms with Crippen molar-refractivity contribution in [3.63, 3.8) is 0 Å². The summed E-state index contributed by atoms with van der Waals surface area (Å²) in [4.78, 5) is 1.43. The number of hydrogen-bond acceptors (Lipinski definition) is 2. The van der Waals surface area contributed by atoms with E-state index < -0.39 is 13.0 Å². The van der Waals surface area contributed by atoms with Gasteiger partial charge < -0.3 is 5.11 Å². The van der Waals surface area contributed by atoms with Crippen molar-refractivity contribution in [1.82, 2.24) is 4.90 Å². The second-order valence-electron chi connectivity index (χ2n) is 3.48. The molecule has 0 radical (unpaired) electrons. The minimum atomic E-state index is -2.44. The van der Waals surface area contributed by atoms with E-state index in [1.807, 2.05) is 0 Å². The van der Waals surface area contributed by atoms with Crippen LogP contribution in [0.1, 0.15) is 5.56 Å². The first kappa shape index (κ1) is 13.0. The van der Waals surface area contributed by atoms with Crippen molar-refractivity contribution in [2.24, 2.45) is 0 Å². The Kier molecular flexibility index (Phi) is 5.28. The largest absolute Gasteiger partial charge is 0.395 e. The van der Waals surface area contributed by atoms with Crippen molar-refractivity contribution < 1.29 is 18.3 Å². The van der Waals surface area contributed by atoms with Crippen LogP contribution in [0.5, 0.6) is 0 Å². The fraction of sp³-hybridized carbons (Fsp3) is 0.455. The number of alkyl halides is 2. The van der Waals surface area contributed by atoms with Gasteiger partial charge in [0.25, 0.3) is 6.43 Å². The lowest BCUT2D eigenvalue weighted by Crippen LogP contribution is -2.31. The molecule has 0 saturated carbocycles. The minimum absolute atomic E-state index is 0.173. The summed E-state index contributed by atoms with van der Waals surface area (Å²) in [6.07, 6.45) is -2.44. The van der Waals surface area contributed by atoms with E-state index in [4.69, 9.17) is 5.11 Å². The molecule has 2 nitrogen and oxygen atoms in total. The molecular formula is C11H14F3NO. The van der Waals surface area contributed by atoms with E-state index in [1.54, 1.807) is 12.1 Å². The number of halogens is 3. The molecule has 5 heteroatoms. The first-order chi connectivity index (χ1) is 7.61. The summed E-state index contributed by atoms with van der Waals surface area (Å²) in [5.74, 6) is -0.355. The van der Waals surface area contributed by atoms with Gasteiger partial charge in [-0.2, -0.15) is 0 Å². The molecule has 0 bridgehead atoms. The zero-order valence-electron chi connectivity index (χ0n) is 8.74. The van der Waals surface area contributed by atoms with Gasteiger partial charge >= 0.3 is 0 Å². The standard InChI is InChI=1S/C11H14F3NO/c12-10-3-1-9(2-4-10)7-15(5-6-16)8-11(13)14/h1-4,11,16H,5-8H2. The zero-order valence-corrected chi connectivity index (χ0v) is 8.74. The number of benzene rings is 1. The number of aliphatic hydroxyl groups excluding tert-OH is 1. The summed E-state index contributed by atoms with van der Waals surface area (Å²) in [7, 11) is 0. The van der Waals surface area contributed by atoms with Gasteiger partial charge in [0, 0.05) is 13.1 Å². The number of rotatable bonds is 6. The van der Waals surface area contributed by atoms with Crippen LogP contribution in [0.15, 0.2) is 24.3 Å². The van der Waals surface area contributed by atoms with Crippen LogP contribution in [0.2, 0.25) is 0 Å². The van der Waals surface area contributed by atoms with Crippen molar-refractivity contribution in [3.05, 3.63) is 35.6 Å². The third-order valence-corrected chi connectivity index (χ3v) is 2.13. The van der Waals surface area contributed by atoms with Crippen molar-refractivity contribution in [2.45, 2.75) is 13.0 Å². The van der Waals surface area contributed by atoms with Gasteiger partial charge in [0.1, 0.15) is 5.82 Å². The van der Waals surface area contributed by atoms with Crippen LogP contribution >= 0.6 is 0 Å². The predicted octanol–water partition coefficient (Wildman–Crippen LogP) is 1.89. The molecular weight excluding hydrogens is 219 g/mol. The molecule has 1 N–H and O–H groups in total. The SMILES string of the molecule is OCCN(Cc1ccc(F)cc1)CC(F)F. The highest BCUT2D eigenvalue weighted by atomic mass is 19.3. The molecule has 0 aliphatic rings. The second kappa shape index (κ2) is 6.50. The van der Waals surface area contributed by atoms with Gasteiger partial charge in [0.2, 0.25) is 0 Å². The molecule has 0 aliphatic heterocycles. The highest BCUT2D eigenvalue weighted by Gasteiger charge is 2.11. The summed E-state index contributed by atoms with van der Waals surface area (Å²) in [5, 5.41) is 8.73. The van der Waals surface area contributed by atoms with Gasteiger partial charge in [-0.05, 0) is 17.7 Å². The highest BCUT2D eigenvalue weighted by Crippen LogP contribution is 2.08. The van der Waals surface area contributed by atoms with Gasteiger partial charge in [0.15, 0.2) is 0 Å². The topological polar surface area (TPSA) is 23.5 Å². The first-order valence-corrected chi connectivity index (χ1v) is 4.97. The molecule has 1 aromatic rings. The second-order valence-corrected chi connectivity index (χ2v) is 3.48. The molecule has 16 heavy (non-hydrogen) atoms. The Hall–Kier alpha value is -1.07. The Labute approximate surface area is 92.3 Å². The average Bonchev–Trinajstić information content (AvgIpc) is 2.21. The summed E-state index contributed by atoms with van der Waals surface area (Å²) in [5.41, 5.74) is 0.746. The Morgan fingerprint density at radius 1 is 1.19 bits per heavy atom. The normalized spacial score (nSPS) is 11.4. The van der Waals surface area contributed by atoms with Gasteiger partial charge in [-0.25, -0.2) is 13.2 Å². The third-order valence-electron chi connectivity index (χ3n) is 2.13.